The highest BCUT2D eigenvalue weighted by atomic mass is 19.4. The van der Waals surface area contributed by atoms with Crippen LogP contribution in [0.1, 0.15) is 31.2 Å². The van der Waals surface area contributed by atoms with E-state index in [1.165, 1.54) is 6.07 Å². The number of anilines is 1. The molecule has 5 nitrogen and oxygen atoms in total. The Morgan fingerprint density at radius 2 is 1.86 bits per heavy atom. The van der Waals surface area contributed by atoms with Crippen LogP contribution in [0.3, 0.4) is 0 Å². The molecule has 0 atom stereocenters. The number of halogens is 3. The van der Waals surface area contributed by atoms with Crippen molar-refractivity contribution in [1.82, 2.24) is 0 Å². The zero-order valence-electron chi connectivity index (χ0n) is 12.0. The van der Waals surface area contributed by atoms with Gasteiger partial charge in [0.15, 0.2) is 0 Å². The number of rotatable bonds is 3. The monoisotopic (exact) mass is 318 g/mol. The van der Waals surface area contributed by atoms with Gasteiger partial charge in [0.1, 0.15) is 5.56 Å². The number of hydrogen-bond acceptors (Lipinski definition) is 4. The van der Waals surface area contributed by atoms with E-state index in [2.05, 4.69) is 0 Å². The van der Waals surface area contributed by atoms with Gasteiger partial charge in [-0.2, -0.15) is 13.2 Å². The van der Waals surface area contributed by atoms with Crippen LogP contribution in [-0.4, -0.2) is 29.2 Å². The van der Waals surface area contributed by atoms with Crippen molar-refractivity contribution in [2.75, 3.05) is 11.9 Å². The summed E-state index contributed by atoms with van der Waals surface area (Å²) < 4.78 is 39.0. The molecule has 122 valence electrons. The lowest BCUT2D eigenvalue weighted by Crippen LogP contribution is -2.36. The average Bonchev–Trinajstić information content (AvgIpc) is 2.45. The molecule has 1 fully saturated rings. The topological polar surface area (TPSA) is 66.6 Å². The standard InChI is InChI=1S/C14H17F3N2O3/c1-18(9-2-5-11(20)6-3-9)10-4-7-13(19(21)22)12(8-10)14(15,16)17/h4,7-9,11,20H,2-3,5-6H2,1H3. The fraction of sp³-hybridized carbons (Fsp3) is 0.571. The summed E-state index contributed by atoms with van der Waals surface area (Å²) in [5.41, 5.74) is -1.89. The number of alkyl halides is 3. The van der Waals surface area contributed by atoms with Crippen molar-refractivity contribution in [3.05, 3.63) is 33.9 Å². The third-order valence-electron chi connectivity index (χ3n) is 4.10. The Bertz CT molecular complexity index is 555. The van der Waals surface area contributed by atoms with Crippen LogP contribution < -0.4 is 4.90 Å². The van der Waals surface area contributed by atoms with Crippen molar-refractivity contribution in [3.8, 4) is 0 Å². The number of aliphatic hydroxyl groups is 1. The van der Waals surface area contributed by atoms with E-state index in [0.29, 0.717) is 31.4 Å². The minimum Gasteiger partial charge on any atom is -0.393 e. The summed E-state index contributed by atoms with van der Waals surface area (Å²) in [5, 5.41) is 20.2. The molecule has 0 amide bonds. The molecule has 1 aliphatic carbocycles. The first kappa shape index (κ1) is 16.5. The van der Waals surface area contributed by atoms with Gasteiger partial charge in [-0.15, -0.1) is 0 Å². The molecule has 1 aromatic rings. The van der Waals surface area contributed by atoms with Crippen LogP contribution in [0, 0.1) is 10.1 Å². The molecule has 1 saturated carbocycles. The molecule has 1 N–H and O–H groups in total. The normalized spacial score (nSPS) is 22.4. The van der Waals surface area contributed by atoms with Gasteiger partial charge in [0.05, 0.1) is 11.0 Å². The summed E-state index contributed by atoms with van der Waals surface area (Å²) in [5.74, 6) is 0. The quantitative estimate of drug-likeness (QED) is 0.685. The lowest BCUT2D eigenvalue weighted by atomic mass is 9.92. The molecule has 0 aromatic heterocycles. The van der Waals surface area contributed by atoms with Crippen molar-refractivity contribution in [2.24, 2.45) is 0 Å². The van der Waals surface area contributed by atoms with E-state index >= 15 is 0 Å². The first-order valence-corrected chi connectivity index (χ1v) is 6.96. The maximum atomic E-state index is 13.0. The SMILES string of the molecule is CN(c1ccc([N+](=O)[O-])c(C(F)(F)F)c1)C1CCC(O)CC1. The Morgan fingerprint density at radius 1 is 1.27 bits per heavy atom. The molecule has 0 heterocycles. The van der Waals surface area contributed by atoms with Gasteiger partial charge in [-0.25, -0.2) is 0 Å². The molecule has 2 rings (SSSR count). The molecule has 0 bridgehead atoms. The zero-order valence-corrected chi connectivity index (χ0v) is 12.0. The van der Waals surface area contributed by atoms with Crippen LogP contribution >= 0.6 is 0 Å². The largest absolute Gasteiger partial charge is 0.423 e. The van der Waals surface area contributed by atoms with Crippen LogP contribution in [0.25, 0.3) is 0 Å². The van der Waals surface area contributed by atoms with Crippen molar-refractivity contribution in [3.63, 3.8) is 0 Å². The predicted octanol–water partition coefficient (Wildman–Crippen LogP) is 3.35. The number of nitro groups is 1. The van der Waals surface area contributed by atoms with Gasteiger partial charge in [0.25, 0.3) is 5.69 Å². The van der Waals surface area contributed by atoms with E-state index in [9.17, 15) is 28.4 Å². The minimum absolute atomic E-state index is 0.0194. The Morgan fingerprint density at radius 3 is 2.36 bits per heavy atom. The van der Waals surface area contributed by atoms with Crippen LogP contribution in [0.5, 0.6) is 0 Å². The van der Waals surface area contributed by atoms with Gasteiger partial charge >= 0.3 is 6.18 Å². The lowest BCUT2D eigenvalue weighted by molar-refractivity contribution is -0.388. The highest BCUT2D eigenvalue weighted by Crippen LogP contribution is 2.39. The van der Waals surface area contributed by atoms with Crippen molar-refractivity contribution < 1.29 is 23.2 Å². The van der Waals surface area contributed by atoms with Crippen LogP contribution in [0.15, 0.2) is 18.2 Å². The van der Waals surface area contributed by atoms with E-state index in [0.717, 1.165) is 12.1 Å². The van der Waals surface area contributed by atoms with Gasteiger partial charge in [0.2, 0.25) is 0 Å². The van der Waals surface area contributed by atoms with Gasteiger partial charge < -0.3 is 10.0 Å². The summed E-state index contributed by atoms with van der Waals surface area (Å²) in [4.78, 5) is 11.4. The Labute approximate surface area is 125 Å². The third-order valence-corrected chi connectivity index (χ3v) is 4.10. The van der Waals surface area contributed by atoms with Crippen LogP contribution in [0.4, 0.5) is 24.5 Å². The first-order chi connectivity index (χ1) is 10.2. The summed E-state index contributed by atoms with van der Waals surface area (Å²) in [6.45, 7) is 0. The molecular formula is C14H17F3N2O3. The predicted molar refractivity (Wildman–Crippen MR) is 74.8 cm³/mol. The molecular weight excluding hydrogens is 301 g/mol. The average molecular weight is 318 g/mol. The van der Waals surface area contributed by atoms with Gasteiger partial charge in [-0.1, -0.05) is 0 Å². The first-order valence-electron chi connectivity index (χ1n) is 6.96. The Kier molecular flexibility index (Phi) is 4.60. The number of nitrogens with zero attached hydrogens (tertiary/aromatic N) is 2. The van der Waals surface area contributed by atoms with Crippen LogP contribution in [0.2, 0.25) is 0 Å². The molecule has 1 aliphatic rings. The fourth-order valence-electron chi connectivity index (χ4n) is 2.79. The van der Waals surface area contributed by atoms with Gasteiger partial charge in [-0.3, -0.25) is 10.1 Å². The second-order valence-corrected chi connectivity index (χ2v) is 5.53. The van der Waals surface area contributed by atoms with Crippen molar-refractivity contribution >= 4 is 11.4 Å². The summed E-state index contributed by atoms with van der Waals surface area (Å²) >= 11 is 0. The minimum atomic E-state index is -4.78. The molecule has 22 heavy (non-hydrogen) atoms. The highest BCUT2D eigenvalue weighted by Gasteiger charge is 2.39. The van der Waals surface area contributed by atoms with Crippen LogP contribution in [-0.2, 0) is 6.18 Å². The number of nitro benzene ring substituents is 1. The third kappa shape index (κ3) is 3.49. The maximum absolute atomic E-state index is 13.0. The summed E-state index contributed by atoms with van der Waals surface area (Å²) in [7, 11) is 1.67. The fourth-order valence-corrected chi connectivity index (χ4v) is 2.79. The Balaban J connectivity index is 2.30. The van der Waals surface area contributed by atoms with E-state index in [4.69, 9.17) is 0 Å². The van der Waals surface area contributed by atoms with E-state index in [1.54, 1.807) is 11.9 Å². The molecule has 0 aliphatic heterocycles. The van der Waals surface area contributed by atoms with Crippen molar-refractivity contribution in [2.45, 2.75) is 44.0 Å². The lowest BCUT2D eigenvalue weighted by Gasteiger charge is -2.34. The maximum Gasteiger partial charge on any atom is 0.423 e. The molecule has 1 aromatic carbocycles. The molecule has 8 heteroatoms. The smallest absolute Gasteiger partial charge is 0.393 e. The summed E-state index contributed by atoms with van der Waals surface area (Å²) in [6.07, 6.45) is -2.57. The van der Waals surface area contributed by atoms with E-state index in [-0.39, 0.29) is 12.1 Å². The van der Waals surface area contributed by atoms with Crippen molar-refractivity contribution in [1.29, 1.82) is 0 Å². The highest BCUT2D eigenvalue weighted by molar-refractivity contribution is 5.57. The zero-order chi connectivity index (χ0) is 16.5. The molecule has 0 saturated heterocycles. The second-order valence-electron chi connectivity index (χ2n) is 5.53. The molecule has 0 unspecified atom stereocenters. The van der Waals surface area contributed by atoms with E-state index in [1.807, 2.05) is 0 Å². The molecule has 0 spiro atoms. The number of aliphatic hydroxyl groups excluding tert-OH is 1. The van der Waals surface area contributed by atoms with Gasteiger partial charge in [0, 0.05) is 24.8 Å². The molecule has 0 radical (unpaired) electrons. The van der Waals surface area contributed by atoms with Gasteiger partial charge in [-0.05, 0) is 37.8 Å². The number of benzene rings is 1. The Hall–Kier alpha value is -1.83. The number of hydrogen-bond donors (Lipinski definition) is 1. The summed E-state index contributed by atoms with van der Waals surface area (Å²) in [6, 6.07) is 3.07. The van der Waals surface area contributed by atoms with E-state index < -0.39 is 22.4 Å². The second kappa shape index (κ2) is 6.12.